The number of rotatable bonds is 1. The van der Waals surface area contributed by atoms with Crippen molar-refractivity contribution in [2.24, 2.45) is 0 Å². The lowest BCUT2D eigenvalue weighted by Crippen LogP contribution is -1.95. The molecule has 0 aliphatic carbocycles. The Bertz CT molecular complexity index is 17.6. The predicted molar refractivity (Wildman–Crippen MR) is 29.4 cm³/mol. The summed E-state index contributed by atoms with van der Waals surface area (Å²) < 4.78 is 0. The zero-order chi connectivity index (χ0) is 4.28. The summed E-state index contributed by atoms with van der Waals surface area (Å²) in [6.45, 7) is 3.70. The fraction of sp³-hybridized carbons (Fsp3) is 0.750. The summed E-state index contributed by atoms with van der Waals surface area (Å²) in [6, 6.07) is 0. The second-order valence-electron chi connectivity index (χ2n) is 1.19. The summed E-state index contributed by atoms with van der Waals surface area (Å²) in [5.41, 5.74) is 0. The standard InChI is InChI=1S/C4H10S/c1-4-5(2)3/h1,4H2,2-3H3/q+1. The van der Waals surface area contributed by atoms with Crippen LogP contribution in [0.3, 0.4) is 0 Å². The lowest BCUT2D eigenvalue weighted by atomic mass is 11.0. The van der Waals surface area contributed by atoms with E-state index < -0.39 is 0 Å². The molecule has 0 saturated heterocycles. The van der Waals surface area contributed by atoms with Gasteiger partial charge in [-0.2, -0.15) is 0 Å². The van der Waals surface area contributed by atoms with E-state index in [1.54, 1.807) is 0 Å². The second-order valence-corrected chi connectivity index (χ2v) is 3.57. The summed E-state index contributed by atoms with van der Waals surface area (Å²) >= 11 is 0. The van der Waals surface area contributed by atoms with Crippen molar-refractivity contribution in [3.8, 4) is 0 Å². The number of hydrogen-bond donors (Lipinski definition) is 0. The van der Waals surface area contributed by atoms with Gasteiger partial charge in [-0.1, -0.05) is 0 Å². The molecule has 0 bridgehead atoms. The van der Waals surface area contributed by atoms with Crippen LogP contribution < -0.4 is 0 Å². The van der Waals surface area contributed by atoms with Crippen LogP contribution in [0.5, 0.6) is 0 Å². The first kappa shape index (κ1) is 5.35. The minimum Gasteiger partial charge on any atom is -0.0189 e. The summed E-state index contributed by atoms with van der Waals surface area (Å²) in [6.07, 6.45) is 4.38. The molecule has 0 unspecified atom stereocenters. The van der Waals surface area contributed by atoms with E-state index in [0.29, 0.717) is 10.9 Å². The van der Waals surface area contributed by atoms with Crippen molar-refractivity contribution in [2.45, 2.75) is 0 Å². The lowest BCUT2D eigenvalue weighted by Gasteiger charge is -1.81. The van der Waals surface area contributed by atoms with E-state index in [2.05, 4.69) is 19.4 Å². The van der Waals surface area contributed by atoms with Crippen molar-refractivity contribution in [3.05, 3.63) is 6.92 Å². The van der Waals surface area contributed by atoms with Crippen LogP contribution in [0.15, 0.2) is 0 Å². The maximum atomic E-state index is 3.70. The van der Waals surface area contributed by atoms with Crippen molar-refractivity contribution in [1.82, 2.24) is 0 Å². The molecule has 0 atom stereocenters. The van der Waals surface area contributed by atoms with Crippen LogP contribution in [0.4, 0.5) is 0 Å². The van der Waals surface area contributed by atoms with Crippen LogP contribution >= 0.6 is 0 Å². The van der Waals surface area contributed by atoms with E-state index in [-0.39, 0.29) is 0 Å². The molecule has 0 saturated carbocycles. The van der Waals surface area contributed by atoms with Gasteiger partial charge in [0.25, 0.3) is 0 Å². The van der Waals surface area contributed by atoms with Gasteiger partial charge in [0.1, 0.15) is 5.75 Å². The fourth-order valence-electron chi connectivity index (χ4n) is 0. The molecule has 0 nitrogen and oxygen atoms in total. The van der Waals surface area contributed by atoms with E-state index in [4.69, 9.17) is 0 Å². The summed E-state index contributed by atoms with van der Waals surface area (Å²) in [7, 11) is 0.566. The van der Waals surface area contributed by atoms with E-state index in [1.807, 2.05) is 0 Å². The van der Waals surface area contributed by atoms with E-state index in [9.17, 15) is 0 Å². The minimum absolute atomic E-state index is 0.566. The monoisotopic (exact) mass is 90.0 g/mol. The SMILES string of the molecule is [CH2]C[S+](C)C. The summed E-state index contributed by atoms with van der Waals surface area (Å²) in [5.74, 6) is 1.08. The van der Waals surface area contributed by atoms with Crippen LogP contribution in [0.2, 0.25) is 0 Å². The second kappa shape index (κ2) is 2.58. The van der Waals surface area contributed by atoms with Crippen LogP contribution in [0.1, 0.15) is 0 Å². The smallest absolute Gasteiger partial charge is 0.0189 e. The molecular weight excluding hydrogens is 80.1 g/mol. The molecular formula is C4H10S+. The Morgan fingerprint density at radius 3 is 1.80 bits per heavy atom. The largest absolute Gasteiger partial charge is 0.107 e. The molecule has 1 heteroatoms. The quantitative estimate of drug-likeness (QED) is 0.416. The van der Waals surface area contributed by atoms with Gasteiger partial charge in [0.15, 0.2) is 0 Å². The highest BCUT2D eigenvalue weighted by Gasteiger charge is 1.89. The maximum Gasteiger partial charge on any atom is 0.107 e. The Kier molecular flexibility index (Phi) is 2.76. The first-order valence-corrected chi connectivity index (χ1v) is 3.82. The van der Waals surface area contributed by atoms with Gasteiger partial charge >= 0.3 is 0 Å². The third-order valence-corrected chi connectivity index (χ3v) is 1.22. The average Bonchev–Trinajstić information content (AvgIpc) is 1.38. The summed E-state index contributed by atoms with van der Waals surface area (Å²) in [4.78, 5) is 0. The van der Waals surface area contributed by atoms with Gasteiger partial charge in [-0.15, -0.1) is 0 Å². The van der Waals surface area contributed by atoms with Gasteiger partial charge < -0.3 is 0 Å². The van der Waals surface area contributed by atoms with Crippen LogP contribution in [0, 0.1) is 6.92 Å². The molecule has 0 fully saturated rings. The minimum atomic E-state index is 0.566. The van der Waals surface area contributed by atoms with Crippen LogP contribution in [0.25, 0.3) is 0 Å². The highest BCUT2D eigenvalue weighted by molar-refractivity contribution is 7.95. The van der Waals surface area contributed by atoms with Crippen molar-refractivity contribution in [2.75, 3.05) is 18.3 Å². The Morgan fingerprint density at radius 1 is 1.60 bits per heavy atom. The van der Waals surface area contributed by atoms with Gasteiger partial charge in [-0.3, -0.25) is 0 Å². The van der Waals surface area contributed by atoms with Crippen LogP contribution in [-0.2, 0) is 10.9 Å². The average molecular weight is 90.2 g/mol. The van der Waals surface area contributed by atoms with E-state index >= 15 is 0 Å². The van der Waals surface area contributed by atoms with Gasteiger partial charge in [-0.05, 0) is 17.8 Å². The molecule has 0 N–H and O–H groups in total. The zero-order valence-corrected chi connectivity index (χ0v) is 4.64. The highest BCUT2D eigenvalue weighted by atomic mass is 32.2. The van der Waals surface area contributed by atoms with Crippen molar-refractivity contribution < 1.29 is 0 Å². The van der Waals surface area contributed by atoms with E-state index in [0.717, 1.165) is 5.75 Å². The maximum absolute atomic E-state index is 3.70. The topological polar surface area (TPSA) is 0 Å². The number of hydrogen-bond acceptors (Lipinski definition) is 0. The third-order valence-electron chi connectivity index (χ3n) is 0.408. The van der Waals surface area contributed by atoms with Crippen molar-refractivity contribution in [3.63, 3.8) is 0 Å². The van der Waals surface area contributed by atoms with Crippen molar-refractivity contribution in [1.29, 1.82) is 0 Å². The molecule has 0 heterocycles. The van der Waals surface area contributed by atoms with Gasteiger partial charge in [-0.25, -0.2) is 0 Å². The molecule has 0 rings (SSSR count). The predicted octanol–water partition coefficient (Wildman–Crippen LogP) is 0.698. The first-order valence-electron chi connectivity index (χ1n) is 1.61. The van der Waals surface area contributed by atoms with Crippen molar-refractivity contribution >= 4 is 10.9 Å². The Morgan fingerprint density at radius 2 is 1.80 bits per heavy atom. The molecule has 0 aliphatic heterocycles. The van der Waals surface area contributed by atoms with Gasteiger partial charge in [0, 0.05) is 0 Å². The molecule has 5 heavy (non-hydrogen) atoms. The van der Waals surface area contributed by atoms with Gasteiger partial charge in [0.2, 0.25) is 0 Å². The highest BCUT2D eigenvalue weighted by Crippen LogP contribution is 1.76. The van der Waals surface area contributed by atoms with E-state index in [1.165, 1.54) is 0 Å². The molecule has 0 spiro atoms. The van der Waals surface area contributed by atoms with Crippen LogP contribution in [-0.4, -0.2) is 18.3 Å². The normalized spacial score (nSPS) is 9.60. The Hall–Kier alpha value is 0.350. The Balaban J connectivity index is 2.54. The molecule has 31 valence electrons. The molecule has 0 aromatic heterocycles. The fourth-order valence-corrected chi connectivity index (χ4v) is 0. The molecule has 0 aromatic rings. The molecule has 0 aliphatic rings. The lowest BCUT2D eigenvalue weighted by molar-refractivity contribution is 1.78. The zero-order valence-electron chi connectivity index (χ0n) is 3.82. The molecule has 1 radical (unpaired) electrons. The molecule has 0 aromatic carbocycles. The van der Waals surface area contributed by atoms with Gasteiger partial charge in [0.05, 0.1) is 12.5 Å². The summed E-state index contributed by atoms with van der Waals surface area (Å²) in [5, 5.41) is 0. The first-order chi connectivity index (χ1) is 2.27. The Labute approximate surface area is 36.9 Å². The molecule has 0 amide bonds. The third kappa shape index (κ3) is 4.35.